The first-order valence-corrected chi connectivity index (χ1v) is 7.46. The van der Waals surface area contributed by atoms with E-state index in [0.717, 1.165) is 22.3 Å². The maximum atomic E-state index is 4.53. The summed E-state index contributed by atoms with van der Waals surface area (Å²) in [5.74, 6) is 1.70. The second-order valence-corrected chi connectivity index (χ2v) is 5.55. The van der Waals surface area contributed by atoms with Crippen LogP contribution in [0.25, 0.3) is 11.4 Å². The summed E-state index contributed by atoms with van der Waals surface area (Å²) in [7, 11) is 0. The second kappa shape index (κ2) is 5.92. The third kappa shape index (κ3) is 3.08. The number of aryl methyl sites for hydroxylation is 1. The van der Waals surface area contributed by atoms with Crippen molar-refractivity contribution < 1.29 is 0 Å². The number of nitrogens with one attached hydrogen (secondary N) is 1. The van der Waals surface area contributed by atoms with Gasteiger partial charge in [-0.25, -0.2) is 4.98 Å². The number of hydrogen-bond donors (Lipinski definition) is 1. The van der Waals surface area contributed by atoms with Crippen molar-refractivity contribution in [1.29, 1.82) is 0 Å². The highest BCUT2D eigenvalue weighted by Gasteiger charge is 2.06. The van der Waals surface area contributed by atoms with Gasteiger partial charge < -0.3 is 0 Å². The van der Waals surface area contributed by atoms with Gasteiger partial charge in [-0.15, -0.1) is 5.10 Å². The van der Waals surface area contributed by atoms with Gasteiger partial charge >= 0.3 is 0 Å². The van der Waals surface area contributed by atoms with Crippen LogP contribution in [0.1, 0.15) is 11.1 Å². The quantitative estimate of drug-likeness (QED) is 0.733. The summed E-state index contributed by atoms with van der Waals surface area (Å²) in [6.45, 7) is 2.07. The Kier molecular flexibility index (Phi) is 3.83. The molecule has 0 saturated carbocycles. The van der Waals surface area contributed by atoms with Crippen molar-refractivity contribution in [1.82, 2.24) is 15.2 Å². The molecule has 0 aliphatic heterocycles. The van der Waals surface area contributed by atoms with Crippen LogP contribution in [0, 0.1) is 6.92 Å². The smallest absolute Gasteiger partial charge is 0.209 e. The number of H-pyrrole nitrogens is 1. The molecule has 0 aliphatic rings. The fourth-order valence-corrected chi connectivity index (χ4v) is 2.71. The van der Waals surface area contributed by atoms with E-state index in [1.54, 1.807) is 11.8 Å². The predicted molar refractivity (Wildman–Crippen MR) is 82.6 cm³/mol. The van der Waals surface area contributed by atoms with Gasteiger partial charge in [0.1, 0.15) is 0 Å². The van der Waals surface area contributed by atoms with E-state index < -0.39 is 0 Å². The van der Waals surface area contributed by atoms with Crippen LogP contribution < -0.4 is 0 Å². The fourth-order valence-electron chi connectivity index (χ4n) is 1.95. The van der Waals surface area contributed by atoms with E-state index in [2.05, 4.69) is 46.4 Å². The van der Waals surface area contributed by atoms with Gasteiger partial charge in [-0.05, 0) is 18.6 Å². The average Bonchev–Trinajstić information content (AvgIpc) is 2.95. The number of hydrogen-bond acceptors (Lipinski definition) is 3. The maximum Gasteiger partial charge on any atom is 0.209 e. The van der Waals surface area contributed by atoms with Gasteiger partial charge in [0, 0.05) is 11.3 Å². The first-order chi connectivity index (χ1) is 9.81. The molecule has 0 spiro atoms. The molecule has 0 bridgehead atoms. The summed E-state index contributed by atoms with van der Waals surface area (Å²) in [5.41, 5.74) is 3.57. The van der Waals surface area contributed by atoms with Gasteiger partial charge in [-0.3, -0.25) is 5.10 Å². The number of thioether (sulfide) groups is 1. The molecular formula is C16H15N3S. The van der Waals surface area contributed by atoms with Crippen LogP contribution in [0.15, 0.2) is 59.8 Å². The Bertz CT molecular complexity index is 692. The van der Waals surface area contributed by atoms with E-state index in [1.807, 2.05) is 30.3 Å². The van der Waals surface area contributed by atoms with Crippen molar-refractivity contribution in [2.75, 3.05) is 0 Å². The molecule has 0 atom stereocenters. The summed E-state index contributed by atoms with van der Waals surface area (Å²) in [5, 5.41) is 8.05. The molecule has 1 heterocycles. The molecule has 3 nitrogen and oxygen atoms in total. The molecular weight excluding hydrogens is 266 g/mol. The predicted octanol–water partition coefficient (Wildman–Crippen LogP) is 4.07. The third-order valence-electron chi connectivity index (χ3n) is 2.97. The molecule has 0 unspecified atom stereocenters. The highest BCUT2D eigenvalue weighted by Crippen LogP contribution is 2.22. The minimum Gasteiger partial charge on any atom is -0.258 e. The first-order valence-electron chi connectivity index (χ1n) is 6.47. The molecule has 0 aliphatic carbocycles. The molecule has 3 aromatic rings. The Balaban J connectivity index is 1.71. The molecule has 0 fully saturated rings. The summed E-state index contributed by atoms with van der Waals surface area (Å²) in [4.78, 5) is 4.53. The van der Waals surface area contributed by atoms with Crippen LogP contribution in [-0.4, -0.2) is 15.2 Å². The normalized spacial score (nSPS) is 10.7. The molecule has 4 heteroatoms. The van der Waals surface area contributed by atoms with E-state index >= 15 is 0 Å². The van der Waals surface area contributed by atoms with Crippen molar-refractivity contribution >= 4 is 11.8 Å². The molecule has 100 valence electrons. The third-order valence-corrected chi connectivity index (χ3v) is 3.89. The summed E-state index contributed by atoms with van der Waals surface area (Å²) >= 11 is 1.64. The van der Waals surface area contributed by atoms with E-state index in [-0.39, 0.29) is 0 Å². The van der Waals surface area contributed by atoms with Crippen molar-refractivity contribution in [3.8, 4) is 11.4 Å². The summed E-state index contributed by atoms with van der Waals surface area (Å²) in [6.07, 6.45) is 0. The summed E-state index contributed by atoms with van der Waals surface area (Å²) < 4.78 is 0. The molecule has 1 N–H and O–H groups in total. The van der Waals surface area contributed by atoms with Gasteiger partial charge in [0.25, 0.3) is 0 Å². The van der Waals surface area contributed by atoms with E-state index in [9.17, 15) is 0 Å². The monoisotopic (exact) mass is 281 g/mol. The lowest BCUT2D eigenvalue weighted by atomic mass is 10.1. The Labute approximate surface area is 122 Å². The number of aromatic nitrogens is 3. The lowest BCUT2D eigenvalue weighted by Gasteiger charge is -1.97. The summed E-state index contributed by atoms with van der Waals surface area (Å²) in [6, 6.07) is 18.6. The van der Waals surface area contributed by atoms with E-state index in [1.165, 1.54) is 11.1 Å². The van der Waals surface area contributed by atoms with Gasteiger partial charge in [-0.2, -0.15) is 0 Å². The second-order valence-electron chi connectivity index (χ2n) is 4.61. The molecule has 0 amide bonds. The van der Waals surface area contributed by atoms with Crippen molar-refractivity contribution in [3.63, 3.8) is 0 Å². The van der Waals surface area contributed by atoms with E-state index in [0.29, 0.717) is 0 Å². The standard InChI is InChI=1S/C16H15N3S/c1-12-6-5-9-14(10-12)15-17-16(19-18-15)20-11-13-7-3-2-4-8-13/h2-10H,11H2,1H3,(H,17,18,19). The van der Waals surface area contributed by atoms with Crippen molar-refractivity contribution in [3.05, 3.63) is 65.7 Å². The minimum atomic E-state index is 0.783. The van der Waals surface area contributed by atoms with Crippen LogP contribution in [-0.2, 0) is 5.75 Å². The largest absolute Gasteiger partial charge is 0.258 e. The molecule has 1 aromatic heterocycles. The SMILES string of the molecule is Cc1cccc(-c2nc(SCc3ccccc3)n[nH]2)c1. The minimum absolute atomic E-state index is 0.783. The highest BCUT2D eigenvalue weighted by molar-refractivity contribution is 7.98. The zero-order chi connectivity index (χ0) is 13.8. The number of aromatic amines is 1. The molecule has 3 rings (SSSR count). The van der Waals surface area contributed by atoms with Crippen molar-refractivity contribution in [2.45, 2.75) is 17.8 Å². The van der Waals surface area contributed by atoms with Crippen LogP contribution in [0.5, 0.6) is 0 Å². The Hall–Kier alpha value is -2.07. The van der Waals surface area contributed by atoms with Gasteiger partial charge in [0.15, 0.2) is 5.82 Å². The fraction of sp³-hybridized carbons (Fsp3) is 0.125. The topological polar surface area (TPSA) is 41.6 Å². The zero-order valence-corrected chi connectivity index (χ0v) is 12.0. The van der Waals surface area contributed by atoms with Crippen LogP contribution >= 0.6 is 11.8 Å². The lowest BCUT2D eigenvalue weighted by molar-refractivity contribution is 0.973. The molecule has 0 radical (unpaired) electrons. The van der Waals surface area contributed by atoms with Gasteiger partial charge in [-0.1, -0.05) is 65.9 Å². The maximum absolute atomic E-state index is 4.53. The van der Waals surface area contributed by atoms with Crippen LogP contribution in [0.4, 0.5) is 0 Å². The number of benzene rings is 2. The van der Waals surface area contributed by atoms with Gasteiger partial charge in [0.05, 0.1) is 0 Å². The molecule has 20 heavy (non-hydrogen) atoms. The zero-order valence-electron chi connectivity index (χ0n) is 11.2. The van der Waals surface area contributed by atoms with Gasteiger partial charge in [0.2, 0.25) is 5.16 Å². The Morgan fingerprint density at radius 1 is 1.05 bits per heavy atom. The van der Waals surface area contributed by atoms with E-state index in [4.69, 9.17) is 0 Å². The molecule has 2 aromatic carbocycles. The number of rotatable bonds is 4. The highest BCUT2D eigenvalue weighted by atomic mass is 32.2. The molecule has 0 saturated heterocycles. The van der Waals surface area contributed by atoms with Crippen LogP contribution in [0.2, 0.25) is 0 Å². The first kappa shape index (κ1) is 12.9. The Morgan fingerprint density at radius 2 is 1.90 bits per heavy atom. The average molecular weight is 281 g/mol. The van der Waals surface area contributed by atoms with Crippen LogP contribution in [0.3, 0.4) is 0 Å². The number of nitrogens with zero attached hydrogens (tertiary/aromatic N) is 2. The lowest BCUT2D eigenvalue weighted by Crippen LogP contribution is -1.82. The van der Waals surface area contributed by atoms with Crippen molar-refractivity contribution in [2.24, 2.45) is 0 Å². The Morgan fingerprint density at radius 3 is 2.70 bits per heavy atom.